The third-order valence-corrected chi connectivity index (χ3v) is 3.07. The molecule has 0 saturated heterocycles. The molecule has 0 amide bonds. The summed E-state index contributed by atoms with van der Waals surface area (Å²) >= 11 is 11.3. The molecule has 0 aliphatic rings. The predicted octanol–water partition coefficient (Wildman–Crippen LogP) is 2.91. The van der Waals surface area contributed by atoms with E-state index < -0.39 is 0 Å². The Bertz CT molecular complexity index is 556. The summed E-state index contributed by atoms with van der Waals surface area (Å²) in [5.41, 5.74) is 2.10. The molecule has 0 aliphatic carbocycles. The topological polar surface area (TPSA) is 24.0 Å². The normalized spacial score (nSPS) is 11.5. The summed E-state index contributed by atoms with van der Waals surface area (Å²) < 4.78 is 2.83. The second kappa shape index (κ2) is 4.57. The highest BCUT2D eigenvalue weighted by atomic mass is 35.5. The van der Waals surface area contributed by atoms with Gasteiger partial charge >= 0.3 is 0 Å². The molecule has 0 bridgehead atoms. The third kappa shape index (κ3) is 2.29. The number of likely N-dealkylation sites (N-methyl/N-ethyl adjacent to an activating group) is 1. The molecule has 86 valence electrons. The quantitative estimate of drug-likeness (QED) is 0.853. The summed E-state index contributed by atoms with van der Waals surface area (Å²) in [6.45, 7) is 1.82. The Balaban J connectivity index is 2.46. The lowest BCUT2D eigenvalue weighted by atomic mass is 10.3. The predicted molar refractivity (Wildman–Crippen MR) is 70.7 cm³/mol. The largest absolute Gasteiger partial charge is 0.331 e. The van der Waals surface area contributed by atoms with Gasteiger partial charge in [-0.2, -0.15) is 0 Å². The van der Waals surface area contributed by atoms with Crippen LogP contribution in [-0.4, -0.2) is 35.1 Å². The van der Waals surface area contributed by atoms with Crippen LogP contribution in [0.5, 0.6) is 0 Å². The maximum Gasteiger partial charge on any atom is 0.178 e. The maximum atomic E-state index is 5.99. The van der Waals surface area contributed by atoms with E-state index in [0.717, 1.165) is 33.9 Å². The Kier molecular flexibility index (Phi) is 3.33. The van der Waals surface area contributed by atoms with Gasteiger partial charge in [-0.25, -0.2) is 0 Å². The van der Waals surface area contributed by atoms with Gasteiger partial charge in [-0.3, -0.25) is 0 Å². The first-order chi connectivity index (χ1) is 7.58. The fraction of sp³-hybridized carbons (Fsp3) is 0.364. The SMILES string of the molecule is CN(C)CCn1c(=S)[nH]c2ccc(Cl)cc21. The number of fused-ring (bicyclic) bond motifs is 1. The van der Waals surface area contributed by atoms with E-state index in [4.69, 9.17) is 23.8 Å². The van der Waals surface area contributed by atoms with Crippen LogP contribution in [0, 0.1) is 4.77 Å². The van der Waals surface area contributed by atoms with E-state index in [-0.39, 0.29) is 0 Å². The number of aromatic nitrogens is 2. The molecule has 5 heteroatoms. The molecule has 0 radical (unpaired) electrons. The van der Waals surface area contributed by atoms with Gasteiger partial charge in [-0.15, -0.1) is 0 Å². The zero-order valence-corrected chi connectivity index (χ0v) is 10.9. The van der Waals surface area contributed by atoms with Gasteiger partial charge in [0.2, 0.25) is 0 Å². The Morgan fingerprint density at radius 2 is 2.19 bits per heavy atom. The van der Waals surface area contributed by atoms with Crippen molar-refractivity contribution in [3.05, 3.63) is 28.0 Å². The summed E-state index contributed by atoms with van der Waals surface area (Å²) in [6.07, 6.45) is 0. The smallest absolute Gasteiger partial charge is 0.178 e. The van der Waals surface area contributed by atoms with Crippen molar-refractivity contribution in [2.24, 2.45) is 0 Å². The van der Waals surface area contributed by atoms with Crippen LogP contribution in [0.4, 0.5) is 0 Å². The molecule has 2 rings (SSSR count). The van der Waals surface area contributed by atoms with E-state index >= 15 is 0 Å². The molecule has 3 nitrogen and oxygen atoms in total. The zero-order valence-electron chi connectivity index (χ0n) is 9.33. The molecule has 0 spiro atoms. The van der Waals surface area contributed by atoms with Gasteiger partial charge in [0.05, 0.1) is 11.0 Å². The van der Waals surface area contributed by atoms with Gasteiger partial charge in [0.1, 0.15) is 0 Å². The molecule has 1 N–H and O–H groups in total. The molecule has 1 heterocycles. The van der Waals surface area contributed by atoms with E-state index in [1.54, 1.807) is 0 Å². The maximum absolute atomic E-state index is 5.99. The molecule has 0 aliphatic heterocycles. The second-order valence-electron chi connectivity index (χ2n) is 4.05. The van der Waals surface area contributed by atoms with Crippen LogP contribution >= 0.6 is 23.8 Å². The van der Waals surface area contributed by atoms with Crippen LogP contribution in [0.25, 0.3) is 11.0 Å². The first kappa shape index (κ1) is 11.6. The second-order valence-corrected chi connectivity index (χ2v) is 4.87. The number of nitrogens with one attached hydrogen (secondary N) is 1. The van der Waals surface area contributed by atoms with Crippen LogP contribution in [0.3, 0.4) is 0 Å². The lowest BCUT2D eigenvalue weighted by molar-refractivity contribution is 0.385. The Hall–Kier alpha value is -0.840. The number of hydrogen-bond donors (Lipinski definition) is 1. The van der Waals surface area contributed by atoms with E-state index in [0.29, 0.717) is 0 Å². The van der Waals surface area contributed by atoms with Gasteiger partial charge in [0.25, 0.3) is 0 Å². The van der Waals surface area contributed by atoms with Crippen LogP contribution in [0.1, 0.15) is 0 Å². The van der Waals surface area contributed by atoms with Gasteiger partial charge in [0, 0.05) is 18.1 Å². The van der Waals surface area contributed by atoms with Gasteiger partial charge in [-0.1, -0.05) is 11.6 Å². The van der Waals surface area contributed by atoms with E-state index in [9.17, 15) is 0 Å². The Morgan fingerprint density at radius 3 is 2.88 bits per heavy atom. The van der Waals surface area contributed by atoms with Crippen molar-refractivity contribution in [1.29, 1.82) is 0 Å². The molecule has 0 atom stereocenters. The van der Waals surface area contributed by atoms with Crippen LogP contribution < -0.4 is 0 Å². The lowest BCUT2D eigenvalue weighted by Crippen LogP contribution is -2.18. The molecule has 0 unspecified atom stereocenters. The first-order valence-corrected chi connectivity index (χ1v) is 5.89. The molecule has 1 aromatic heterocycles. The zero-order chi connectivity index (χ0) is 11.7. The average Bonchev–Trinajstić information content (AvgIpc) is 2.51. The number of hydrogen-bond acceptors (Lipinski definition) is 2. The number of H-pyrrole nitrogens is 1. The van der Waals surface area contributed by atoms with Crippen molar-refractivity contribution in [3.63, 3.8) is 0 Å². The Morgan fingerprint density at radius 1 is 1.44 bits per heavy atom. The van der Waals surface area contributed by atoms with Crippen molar-refractivity contribution in [2.75, 3.05) is 20.6 Å². The number of benzene rings is 1. The van der Waals surface area contributed by atoms with E-state index in [1.807, 2.05) is 32.3 Å². The van der Waals surface area contributed by atoms with Gasteiger partial charge < -0.3 is 14.5 Å². The molecule has 16 heavy (non-hydrogen) atoms. The number of imidazole rings is 1. The lowest BCUT2D eigenvalue weighted by Gasteiger charge is -2.10. The van der Waals surface area contributed by atoms with Crippen molar-refractivity contribution in [2.45, 2.75) is 6.54 Å². The first-order valence-electron chi connectivity index (χ1n) is 5.11. The standard InChI is InChI=1S/C11H14ClN3S/c1-14(2)5-6-15-10-7-8(12)3-4-9(10)13-11(15)16/h3-4,7H,5-6H2,1-2H3,(H,13,16). The van der Waals surface area contributed by atoms with Crippen molar-refractivity contribution >= 4 is 34.9 Å². The molecule has 0 saturated carbocycles. The third-order valence-electron chi connectivity index (χ3n) is 2.51. The summed E-state index contributed by atoms with van der Waals surface area (Å²) in [7, 11) is 4.09. The summed E-state index contributed by atoms with van der Waals surface area (Å²) in [6, 6.07) is 5.77. The van der Waals surface area contributed by atoms with Crippen LogP contribution in [0.15, 0.2) is 18.2 Å². The van der Waals surface area contributed by atoms with Crippen LogP contribution in [0.2, 0.25) is 5.02 Å². The molecular formula is C11H14ClN3S. The summed E-state index contributed by atoms with van der Waals surface area (Å²) in [4.78, 5) is 5.31. The van der Waals surface area contributed by atoms with Crippen molar-refractivity contribution in [1.82, 2.24) is 14.5 Å². The number of halogens is 1. The number of nitrogens with zero attached hydrogens (tertiary/aromatic N) is 2. The Labute approximate surface area is 105 Å². The van der Waals surface area contributed by atoms with Crippen LogP contribution in [-0.2, 0) is 6.54 Å². The minimum Gasteiger partial charge on any atom is -0.331 e. The molecule has 0 fully saturated rings. The highest BCUT2D eigenvalue weighted by Crippen LogP contribution is 2.19. The molecule has 2 aromatic rings. The van der Waals surface area contributed by atoms with Crippen molar-refractivity contribution in [3.8, 4) is 0 Å². The van der Waals surface area contributed by atoms with Gasteiger partial charge in [-0.05, 0) is 44.5 Å². The highest BCUT2D eigenvalue weighted by Gasteiger charge is 2.04. The van der Waals surface area contributed by atoms with E-state index in [1.165, 1.54) is 0 Å². The minimum absolute atomic E-state index is 0.736. The summed E-state index contributed by atoms with van der Waals surface area (Å²) in [5, 5.41) is 0.736. The minimum atomic E-state index is 0.736. The van der Waals surface area contributed by atoms with E-state index in [2.05, 4.69) is 14.5 Å². The highest BCUT2D eigenvalue weighted by molar-refractivity contribution is 7.71. The molecule has 1 aromatic carbocycles. The van der Waals surface area contributed by atoms with Crippen molar-refractivity contribution < 1.29 is 0 Å². The summed E-state index contributed by atoms with van der Waals surface area (Å²) in [5.74, 6) is 0. The monoisotopic (exact) mass is 255 g/mol. The average molecular weight is 256 g/mol. The number of rotatable bonds is 3. The number of aromatic amines is 1. The van der Waals surface area contributed by atoms with Gasteiger partial charge in [0.15, 0.2) is 4.77 Å². The fourth-order valence-electron chi connectivity index (χ4n) is 1.65. The molecular weight excluding hydrogens is 242 g/mol. The fourth-order valence-corrected chi connectivity index (χ4v) is 2.11.